The summed E-state index contributed by atoms with van der Waals surface area (Å²) in [6.45, 7) is 6.23. The van der Waals surface area contributed by atoms with Gasteiger partial charge in [0.25, 0.3) is 0 Å². The second kappa shape index (κ2) is 7.23. The van der Waals surface area contributed by atoms with E-state index in [1.54, 1.807) is 0 Å². The molecule has 0 bridgehead atoms. The standard InChI is InChI=1S/C19H27ClN2O/c1-3-14-12-22(19(23)15-7-8-15)10-9-18(14)21-13(2)16-5-4-6-17(20)11-16/h4-6,11,13-15,18,21H,3,7-10,12H2,1-2H3/t13-,14+,18+/m0/s1. The van der Waals surface area contributed by atoms with E-state index in [4.69, 9.17) is 11.6 Å². The Balaban J connectivity index is 1.60. The summed E-state index contributed by atoms with van der Waals surface area (Å²) in [4.78, 5) is 14.4. The lowest BCUT2D eigenvalue weighted by Gasteiger charge is -2.40. The number of hydrogen-bond donors (Lipinski definition) is 1. The van der Waals surface area contributed by atoms with Gasteiger partial charge in [0, 0.05) is 36.1 Å². The lowest BCUT2D eigenvalue weighted by molar-refractivity contribution is -0.134. The average Bonchev–Trinajstić information content (AvgIpc) is 3.39. The average molecular weight is 335 g/mol. The number of nitrogens with zero attached hydrogens (tertiary/aromatic N) is 1. The summed E-state index contributed by atoms with van der Waals surface area (Å²) in [6, 6.07) is 8.82. The summed E-state index contributed by atoms with van der Waals surface area (Å²) >= 11 is 6.11. The quantitative estimate of drug-likeness (QED) is 0.881. The first-order valence-electron chi connectivity index (χ1n) is 8.88. The summed E-state index contributed by atoms with van der Waals surface area (Å²) in [6.07, 6.45) is 4.34. The van der Waals surface area contributed by atoms with E-state index in [1.807, 2.05) is 18.2 Å². The highest BCUT2D eigenvalue weighted by molar-refractivity contribution is 6.30. The van der Waals surface area contributed by atoms with Crippen LogP contribution < -0.4 is 5.32 Å². The van der Waals surface area contributed by atoms with Crippen LogP contribution >= 0.6 is 11.6 Å². The summed E-state index contributed by atoms with van der Waals surface area (Å²) in [5, 5.41) is 4.56. The van der Waals surface area contributed by atoms with Crippen LogP contribution in [0.3, 0.4) is 0 Å². The second-order valence-electron chi connectivity index (χ2n) is 7.07. The van der Waals surface area contributed by atoms with Crippen molar-refractivity contribution in [3.8, 4) is 0 Å². The molecule has 0 unspecified atom stereocenters. The number of hydrogen-bond acceptors (Lipinski definition) is 2. The van der Waals surface area contributed by atoms with Crippen molar-refractivity contribution in [2.45, 2.75) is 51.6 Å². The van der Waals surface area contributed by atoms with Crippen LogP contribution in [-0.2, 0) is 4.79 Å². The smallest absolute Gasteiger partial charge is 0.225 e. The van der Waals surface area contributed by atoms with Crippen LogP contribution in [0.1, 0.15) is 51.1 Å². The third kappa shape index (κ3) is 4.07. The maximum atomic E-state index is 12.3. The van der Waals surface area contributed by atoms with Gasteiger partial charge < -0.3 is 10.2 Å². The number of carbonyl (C=O) groups is 1. The topological polar surface area (TPSA) is 32.3 Å². The van der Waals surface area contributed by atoms with Gasteiger partial charge in [-0.15, -0.1) is 0 Å². The molecular weight excluding hydrogens is 308 g/mol. The predicted molar refractivity (Wildman–Crippen MR) is 94.5 cm³/mol. The van der Waals surface area contributed by atoms with Crippen LogP contribution in [0.4, 0.5) is 0 Å². The van der Waals surface area contributed by atoms with E-state index < -0.39 is 0 Å². The Morgan fingerprint density at radius 3 is 2.83 bits per heavy atom. The highest BCUT2D eigenvalue weighted by atomic mass is 35.5. The van der Waals surface area contributed by atoms with Gasteiger partial charge in [-0.2, -0.15) is 0 Å². The Hall–Kier alpha value is -1.06. The highest BCUT2D eigenvalue weighted by Gasteiger charge is 2.37. The number of carbonyl (C=O) groups excluding carboxylic acids is 1. The lowest BCUT2D eigenvalue weighted by atomic mass is 9.88. The molecule has 1 amide bonds. The van der Waals surface area contributed by atoms with Crippen LogP contribution in [-0.4, -0.2) is 29.9 Å². The van der Waals surface area contributed by atoms with Crippen molar-refractivity contribution in [3.63, 3.8) is 0 Å². The summed E-state index contributed by atoms with van der Waals surface area (Å²) in [5.41, 5.74) is 1.23. The first-order chi connectivity index (χ1) is 11.1. The van der Waals surface area contributed by atoms with Crippen LogP contribution in [0.5, 0.6) is 0 Å². The van der Waals surface area contributed by atoms with E-state index in [1.165, 1.54) is 5.56 Å². The molecule has 1 saturated carbocycles. The minimum atomic E-state index is 0.276. The number of halogens is 1. The monoisotopic (exact) mass is 334 g/mol. The number of rotatable bonds is 5. The van der Waals surface area contributed by atoms with Gasteiger partial charge in [0.1, 0.15) is 0 Å². The molecule has 1 N–H and O–H groups in total. The molecule has 2 fully saturated rings. The molecule has 3 atom stereocenters. The van der Waals surface area contributed by atoms with Crippen molar-refractivity contribution in [1.29, 1.82) is 0 Å². The van der Waals surface area contributed by atoms with E-state index in [0.29, 0.717) is 23.8 Å². The van der Waals surface area contributed by atoms with Gasteiger partial charge in [-0.25, -0.2) is 0 Å². The number of amides is 1. The summed E-state index contributed by atoms with van der Waals surface area (Å²) < 4.78 is 0. The Bertz CT molecular complexity index is 558. The molecule has 3 nitrogen and oxygen atoms in total. The maximum absolute atomic E-state index is 12.3. The molecule has 1 aliphatic carbocycles. The van der Waals surface area contributed by atoms with Gasteiger partial charge in [0.15, 0.2) is 0 Å². The van der Waals surface area contributed by atoms with E-state index in [2.05, 4.69) is 30.1 Å². The van der Waals surface area contributed by atoms with Gasteiger partial charge >= 0.3 is 0 Å². The summed E-state index contributed by atoms with van der Waals surface area (Å²) in [7, 11) is 0. The Morgan fingerprint density at radius 2 is 2.17 bits per heavy atom. The number of piperidine rings is 1. The molecule has 0 aromatic heterocycles. The fourth-order valence-corrected chi connectivity index (χ4v) is 3.85. The molecule has 1 heterocycles. The first kappa shape index (κ1) is 16.8. The molecule has 126 valence electrons. The largest absolute Gasteiger partial charge is 0.342 e. The van der Waals surface area contributed by atoms with E-state index in [-0.39, 0.29) is 6.04 Å². The van der Waals surface area contributed by atoms with E-state index in [0.717, 1.165) is 43.8 Å². The molecule has 3 rings (SSSR count). The fourth-order valence-electron chi connectivity index (χ4n) is 3.65. The number of nitrogens with one attached hydrogen (secondary N) is 1. The molecule has 1 aromatic carbocycles. The zero-order valence-corrected chi connectivity index (χ0v) is 14.9. The second-order valence-corrected chi connectivity index (χ2v) is 7.50. The molecule has 1 aliphatic heterocycles. The molecule has 23 heavy (non-hydrogen) atoms. The minimum absolute atomic E-state index is 0.276. The van der Waals surface area contributed by atoms with Gasteiger partial charge in [0.2, 0.25) is 5.91 Å². The van der Waals surface area contributed by atoms with Crippen LogP contribution in [0.15, 0.2) is 24.3 Å². The number of benzene rings is 1. The molecule has 0 spiro atoms. The third-order valence-electron chi connectivity index (χ3n) is 5.31. The summed E-state index contributed by atoms with van der Waals surface area (Å²) in [5.74, 6) is 1.26. The van der Waals surface area contributed by atoms with Gasteiger partial charge in [-0.1, -0.05) is 37.1 Å². The molecule has 4 heteroatoms. The van der Waals surface area contributed by atoms with E-state index in [9.17, 15) is 4.79 Å². The lowest BCUT2D eigenvalue weighted by Crippen LogP contribution is -2.51. The van der Waals surface area contributed by atoms with Gasteiger partial charge in [-0.3, -0.25) is 4.79 Å². The van der Waals surface area contributed by atoms with E-state index >= 15 is 0 Å². The molecular formula is C19H27ClN2O. The number of likely N-dealkylation sites (tertiary alicyclic amines) is 1. The zero-order valence-electron chi connectivity index (χ0n) is 14.1. The van der Waals surface area contributed by atoms with Crippen molar-refractivity contribution in [2.24, 2.45) is 11.8 Å². The molecule has 1 aromatic rings. The molecule has 0 radical (unpaired) electrons. The maximum Gasteiger partial charge on any atom is 0.225 e. The van der Waals surface area contributed by atoms with Crippen LogP contribution in [0, 0.1) is 11.8 Å². The van der Waals surface area contributed by atoms with Gasteiger partial charge in [0.05, 0.1) is 0 Å². The normalized spacial score (nSPS) is 26.1. The first-order valence-corrected chi connectivity index (χ1v) is 9.26. The van der Waals surface area contributed by atoms with Crippen molar-refractivity contribution in [3.05, 3.63) is 34.9 Å². The van der Waals surface area contributed by atoms with Crippen LogP contribution in [0.25, 0.3) is 0 Å². The third-order valence-corrected chi connectivity index (χ3v) is 5.54. The minimum Gasteiger partial charge on any atom is -0.342 e. The predicted octanol–water partition coefficient (Wildman–Crippen LogP) is 4.03. The zero-order chi connectivity index (χ0) is 16.4. The molecule has 2 aliphatic rings. The van der Waals surface area contributed by atoms with Crippen molar-refractivity contribution in [2.75, 3.05) is 13.1 Å². The Kier molecular flexibility index (Phi) is 5.27. The Morgan fingerprint density at radius 1 is 1.39 bits per heavy atom. The van der Waals surface area contributed by atoms with Crippen LogP contribution in [0.2, 0.25) is 5.02 Å². The van der Waals surface area contributed by atoms with Crippen molar-refractivity contribution >= 4 is 17.5 Å². The van der Waals surface area contributed by atoms with Crippen molar-refractivity contribution < 1.29 is 4.79 Å². The van der Waals surface area contributed by atoms with Gasteiger partial charge in [-0.05, 0) is 49.8 Å². The Labute approximate surface area is 144 Å². The SMILES string of the molecule is CC[C@@H]1CN(C(=O)C2CC2)CC[C@H]1N[C@@H](C)c1cccc(Cl)c1. The highest BCUT2D eigenvalue weighted by Crippen LogP contribution is 2.33. The molecule has 1 saturated heterocycles. The fraction of sp³-hybridized carbons (Fsp3) is 0.632. The van der Waals surface area contributed by atoms with Crippen molar-refractivity contribution in [1.82, 2.24) is 10.2 Å².